The Kier molecular flexibility index (Phi) is 4.05. The molecule has 0 saturated heterocycles. The van der Waals surface area contributed by atoms with Gasteiger partial charge in [0.15, 0.2) is 0 Å². The zero-order valence-corrected chi connectivity index (χ0v) is 11.4. The van der Waals surface area contributed by atoms with Crippen molar-refractivity contribution in [2.24, 2.45) is 0 Å². The molecule has 0 N–H and O–H groups in total. The van der Waals surface area contributed by atoms with Crippen LogP contribution in [-0.2, 0) is 9.47 Å². The van der Waals surface area contributed by atoms with Gasteiger partial charge < -0.3 is 13.9 Å². The fourth-order valence-corrected chi connectivity index (χ4v) is 1.72. The third-order valence-electron chi connectivity index (χ3n) is 2.45. The highest BCUT2D eigenvalue weighted by Crippen LogP contribution is 2.25. The van der Waals surface area contributed by atoms with Gasteiger partial charge in [-0.15, -0.1) is 0 Å². The van der Waals surface area contributed by atoms with Crippen molar-refractivity contribution >= 4 is 23.5 Å². The number of methoxy groups -OCH3 is 2. The number of hydrogen-bond acceptors (Lipinski definition) is 6. The van der Waals surface area contributed by atoms with Gasteiger partial charge in [-0.25, -0.2) is 14.6 Å². The molecule has 0 aliphatic rings. The number of nitrogens with zero attached hydrogens (tertiary/aromatic N) is 1. The monoisotopic (exact) mass is 295 g/mol. The molecule has 0 bridgehead atoms. The van der Waals surface area contributed by atoms with Crippen molar-refractivity contribution in [1.82, 2.24) is 4.98 Å². The van der Waals surface area contributed by atoms with Crippen LogP contribution in [0.3, 0.4) is 0 Å². The van der Waals surface area contributed by atoms with Gasteiger partial charge in [0, 0.05) is 10.6 Å². The second kappa shape index (κ2) is 5.75. The molecule has 20 heavy (non-hydrogen) atoms. The topological polar surface area (TPSA) is 78.6 Å². The maximum Gasteiger partial charge on any atom is 0.376 e. The van der Waals surface area contributed by atoms with Crippen LogP contribution >= 0.6 is 11.6 Å². The van der Waals surface area contributed by atoms with Crippen LogP contribution in [0.25, 0.3) is 11.5 Å². The van der Waals surface area contributed by atoms with Crippen molar-refractivity contribution in [2.45, 2.75) is 0 Å². The van der Waals surface area contributed by atoms with Crippen molar-refractivity contribution in [3.05, 3.63) is 40.7 Å². The Labute approximate surface area is 119 Å². The predicted octanol–water partition coefficient (Wildman–Crippen LogP) is 2.57. The Morgan fingerprint density at radius 2 is 1.90 bits per heavy atom. The fourth-order valence-electron chi connectivity index (χ4n) is 1.53. The number of rotatable bonds is 3. The van der Waals surface area contributed by atoms with E-state index in [0.29, 0.717) is 10.6 Å². The number of esters is 2. The van der Waals surface area contributed by atoms with Crippen molar-refractivity contribution in [1.29, 1.82) is 0 Å². The van der Waals surface area contributed by atoms with Crippen molar-refractivity contribution in [2.75, 3.05) is 14.2 Å². The molecule has 0 fully saturated rings. The first-order valence-corrected chi connectivity index (χ1v) is 5.88. The Morgan fingerprint density at radius 1 is 1.20 bits per heavy atom. The average Bonchev–Trinajstić information content (AvgIpc) is 2.90. The van der Waals surface area contributed by atoms with E-state index < -0.39 is 11.9 Å². The zero-order valence-electron chi connectivity index (χ0n) is 10.7. The standard InChI is InChI=1S/C13H10ClNO5/c1-18-12(16)9-10(13(17)19-2)20-11(15-9)7-4-3-5-8(14)6-7/h3-6H,1-2H3. The minimum Gasteiger partial charge on any atom is -0.464 e. The number of benzene rings is 1. The molecular weight excluding hydrogens is 286 g/mol. The summed E-state index contributed by atoms with van der Waals surface area (Å²) in [6, 6.07) is 6.64. The minimum atomic E-state index is -0.814. The summed E-state index contributed by atoms with van der Waals surface area (Å²) in [5, 5.41) is 0.472. The number of carbonyl (C=O) groups is 2. The van der Waals surface area contributed by atoms with E-state index in [1.165, 1.54) is 14.2 Å². The minimum absolute atomic E-state index is 0.0771. The number of oxazole rings is 1. The number of ether oxygens (including phenoxy) is 2. The Bertz CT molecular complexity index is 631. The Hall–Kier alpha value is -2.34. The predicted molar refractivity (Wildman–Crippen MR) is 69.6 cm³/mol. The maximum absolute atomic E-state index is 11.6. The molecule has 0 radical (unpaired) electrons. The van der Waals surface area contributed by atoms with E-state index in [1.807, 2.05) is 0 Å². The third kappa shape index (κ3) is 2.65. The summed E-state index contributed by atoms with van der Waals surface area (Å²) >= 11 is 5.87. The molecule has 0 saturated carbocycles. The second-order valence-corrected chi connectivity index (χ2v) is 4.13. The summed E-state index contributed by atoms with van der Waals surface area (Å²) < 4.78 is 14.4. The van der Waals surface area contributed by atoms with E-state index >= 15 is 0 Å². The first-order valence-electron chi connectivity index (χ1n) is 5.50. The lowest BCUT2D eigenvalue weighted by molar-refractivity contribution is 0.0527. The lowest BCUT2D eigenvalue weighted by Crippen LogP contribution is -2.10. The highest BCUT2D eigenvalue weighted by atomic mass is 35.5. The number of hydrogen-bond donors (Lipinski definition) is 0. The quantitative estimate of drug-likeness (QED) is 0.810. The van der Waals surface area contributed by atoms with E-state index in [0.717, 1.165) is 0 Å². The molecule has 0 amide bonds. The maximum atomic E-state index is 11.6. The van der Waals surface area contributed by atoms with Crippen LogP contribution in [0.5, 0.6) is 0 Å². The first-order chi connectivity index (χ1) is 9.56. The largest absolute Gasteiger partial charge is 0.464 e. The molecular formula is C13H10ClNO5. The van der Waals surface area contributed by atoms with E-state index in [2.05, 4.69) is 14.5 Å². The summed E-state index contributed by atoms with van der Waals surface area (Å²) in [6.07, 6.45) is 0. The van der Waals surface area contributed by atoms with Crippen LogP contribution in [0.2, 0.25) is 5.02 Å². The fraction of sp³-hybridized carbons (Fsp3) is 0.154. The molecule has 0 atom stereocenters. The molecule has 0 aliphatic heterocycles. The van der Waals surface area contributed by atoms with Crippen LogP contribution in [-0.4, -0.2) is 31.1 Å². The summed E-state index contributed by atoms with van der Waals surface area (Å²) in [4.78, 5) is 27.1. The van der Waals surface area contributed by atoms with Crippen LogP contribution in [0.1, 0.15) is 21.0 Å². The summed E-state index contributed by atoms with van der Waals surface area (Å²) in [5.41, 5.74) is 0.284. The molecule has 2 rings (SSSR count). The number of aromatic nitrogens is 1. The average molecular weight is 296 g/mol. The van der Waals surface area contributed by atoms with Gasteiger partial charge in [-0.3, -0.25) is 0 Å². The van der Waals surface area contributed by atoms with E-state index in [1.54, 1.807) is 24.3 Å². The smallest absolute Gasteiger partial charge is 0.376 e. The van der Waals surface area contributed by atoms with Crippen molar-refractivity contribution in [3.8, 4) is 11.5 Å². The molecule has 7 heteroatoms. The summed E-state index contributed by atoms with van der Waals surface area (Å²) in [5.74, 6) is -1.84. The van der Waals surface area contributed by atoms with Gasteiger partial charge in [-0.1, -0.05) is 17.7 Å². The van der Waals surface area contributed by atoms with E-state index in [-0.39, 0.29) is 17.3 Å². The van der Waals surface area contributed by atoms with Crippen molar-refractivity contribution in [3.63, 3.8) is 0 Å². The number of halogens is 1. The Balaban J connectivity index is 2.54. The molecule has 0 unspecified atom stereocenters. The van der Waals surface area contributed by atoms with Gasteiger partial charge in [-0.2, -0.15) is 0 Å². The van der Waals surface area contributed by atoms with Gasteiger partial charge in [-0.05, 0) is 18.2 Å². The van der Waals surface area contributed by atoms with E-state index in [4.69, 9.17) is 16.0 Å². The molecule has 6 nitrogen and oxygen atoms in total. The van der Waals surface area contributed by atoms with Gasteiger partial charge in [0.2, 0.25) is 17.3 Å². The van der Waals surface area contributed by atoms with Crippen molar-refractivity contribution < 1.29 is 23.5 Å². The van der Waals surface area contributed by atoms with Gasteiger partial charge in [0.25, 0.3) is 0 Å². The Morgan fingerprint density at radius 3 is 2.50 bits per heavy atom. The van der Waals surface area contributed by atoms with Gasteiger partial charge >= 0.3 is 11.9 Å². The van der Waals surface area contributed by atoms with Crippen LogP contribution < -0.4 is 0 Å². The third-order valence-corrected chi connectivity index (χ3v) is 2.68. The number of carbonyl (C=O) groups excluding carboxylic acids is 2. The highest BCUT2D eigenvalue weighted by Gasteiger charge is 2.27. The first kappa shape index (κ1) is 14.1. The molecule has 104 valence electrons. The SMILES string of the molecule is COC(=O)c1nc(-c2cccc(Cl)c2)oc1C(=O)OC. The highest BCUT2D eigenvalue weighted by molar-refractivity contribution is 6.30. The molecule has 0 aliphatic carbocycles. The van der Waals surface area contributed by atoms with Gasteiger partial charge in [0.1, 0.15) is 0 Å². The molecule has 0 spiro atoms. The summed E-state index contributed by atoms with van der Waals surface area (Å²) in [7, 11) is 2.35. The zero-order chi connectivity index (χ0) is 14.7. The second-order valence-electron chi connectivity index (χ2n) is 3.69. The molecule has 1 aromatic carbocycles. The lowest BCUT2D eigenvalue weighted by Gasteiger charge is -1.96. The lowest BCUT2D eigenvalue weighted by atomic mass is 10.2. The van der Waals surface area contributed by atoms with Crippen LogP contribution in [0.4, 0.5) is 0 Å². The van der Waals surface area contributed by atoms with Gasteiger partial charge in [0.05, 0.1) is 14.2 Å². The van der Waals surface area contributed by atoms with E-state index in [9.17, 15) is 9.59 Å². The van der Waals surface area contributed by atoms with Crippen LogP contribution in [0.15, 0.2) is 28.7 Å². The molecule has 2 aromatic rings. The molecule has 1 heterocycles. The van der Waals surface area contributed by atoms with Crippen LogP contribution in [0, 0.1) is 0 Å². The normalized spacial score (nSPS) is 10.2. The summed E-state index contributed by atoms with van der Waals surface area (Å²) in [6.45, 7) is 0. The molecule has 1 aromatic heterocycles.